The number of carbonyl (C=O) groups is 2. The topological polar surface area (TPSA) is 95.7 Å². The smallest absolute Gasteiger partial charge is 0.252 e. The lowest BCUT2D eigenvalue weighted by Crippen LogP contribution is -2.60. The zero-order valence-electron chi connectivity index (χ0n) is 15.0. The molecule has 1 aliphatic carbocycles. The van der Waals surface area contributed by atoms with Gasteiger partial charge in [0.1, 0.15) is 12.1 Å². The molecular formula is C19H26ClN3O3. The van der Waals surface area contributed by atoms with Crippen molar-refractivity contribution >= 4 is 23.4 Å². The largest absolute Gasteiger partial charge is 0.383 e. The molecule has 4 N–H and O–H groups in total. The Balaban J connectivity index is 1.55. The molecule has 2 atom stereocenters. The molecule has 2 amide bonds. The van der Waals surface area contributed by atoms with Gasteiger partial charge in [0.25, 0.3) is 5.91 Å². The Labute approximate surface area is 158 Å². The van der Waals surface area contributed by atoms with E-state index in [1.807, 2.05) is 6.07 Å². The van der Waals surface area contributed by atoms with Gasteiger partial charge >= 0.3 is 0 Å². The fourth-order valence-electron chi connectivity index (χ4n) is 3.35. The summed E-state index contributed by atoms with van der Waals surface area (Å²) in [5.74, 6) is -0.549. The average Bonchev–Trinajstić information content (AvgIpc) is 3.28. The number of aliphatic hydroxyl groups is 1. The van der Waals surface area contributed by atoms with Crippen molar-refractivity contribution in [1.82, 2.24) is 10.2 Å². The Morgan fingerprint density at radius 2 is 2.15 bits per heavy atom. The Morgan fingerprint density at radius 1 is 1.42 bits per heavy atom. The third kappa shape index (κ3) is 4.19. The van der Waals surface area contributed by atoms with Crippen LogP contribution in [-0.4, -0.2) is 40.5 Å². The molecular weight excluding hydrogens is 354 g/mol. The summed E-state index contributed by atoms with van der Waals surface area (Å²) in [4.78, 5) is 26.4. The quantitative estimate of drug-likeness (QED) is 0.670. The highest BCUT2D eigenvalue weighted by Crippen LogP contribution is 2.49. The number of nitrogens with two attached hydrogens (primary N) is 1. The summed E-state index contributed by atoms with van der Waals surface area (Å²) in [6.45, 7) is 3.26. The standard InChI is InChI=1S/C19H26ClN3O3/c1-19(5-6-19)9-16(24)18(26)23-7-4-15(23)17(25)22-11-13-8-14(20)3-2-12(13)10-21/h2-3,8,15-16,24H,4-7,9-11,21H2,1H3,(H,22,25)/t15-,16+/m0/s1. The summed E-state index contributed by atoms with van der Waals surface area (Å²) >= 11 is 6.01. The first-order valence-corrected chi connectivity index (χ1v) is 9.44. The molecule has 1 saturated carbocycles. The van der Waals surface area contributed by atoms with Crippen LogP contribution in [0, 0.1) is 5.41 Å². The monoisotopic (exact) mass is 379 g/mol. The number of hydrogen-bond acceptors (Lipinski definition) is 4. The maximum absolute atomic E-state index is 12.5. The Bertz CT molecular complexity index is 705. The maximum atomic E-state index is 12.5. The molecule has 0 bridgehead atoms. The van der Waals surface area contributed by atoms with Crippen LogP contribution in [0.25, 0.3) is 0 Å². The molecule has 142 valence electrons. The molecule has 0 aromatic heterocycles. The van der Waals surface area contributed by atoms with Crippen molar-refractivity contribution in [2.75, 3.05) is 6.54 Å². The van der Waals surface area contributed by atoms with Crippen molar-refractivity contribution in [3.8, 4) is 0 Å². The van der Waals surface area contributed by atoms with Crippen LogP contribution in [0.3, 0.4) is 0 Å². The first kappa shape index (κ1) is 19.1. The minimum atomic E-state index is -1.02. The molecule has 6 nitrogen and oxygen atoms in total. The number of likely N-dealkylation sites (tertiary alicyclic amines) is 1. The normalized spacial score (nSPS) is 21.7. The lowest BCUT2D eigenvalue weighted by molar-refractivity contribution is -0.154. The van der Waals surface area contributed by atoms with Gasteiger partial charge in [0, 0.05) is 24.7 Å². The number of hydrogen-bond donors (Lipinski definition) is 3. The average molecular weight is 380 g/mol. The molecule has 2 aliphatic rings. The summed E-state index contributed by atoms with van der Waals surface area (Å²) in [5, 5.41) is 13.6. The van der Waals surface area contributed by atoms with Crippen molar-refractivity contribution < 1.29 is 14.7 Å². The molecule has 0 unspecified atom stereocenters. The molecule has 2 fully saturated rings. The molecule has 1 aliphatic heterocycles. The van der Waals surface area contributed by atoms with E-state index < -0.39 is 12.1 Å². The number of nitrogens with one attached hydrogen (secondary N) is 1. The first-order chi connectivity index (χ1) is 12.3. The van der Waals surface area contributed by atoms with E-state index in [0.717, 1.165) is 24.0 Å². The summed E-state index contributed by atoms with van der Waals surface area (Å²) in [6.07, 6.45) is 2.16. The Morgan fingerprint density at radius 3 is 2.73 bits per heavy atom. The number of amides is 2. The van der Waals surface area contributed by atoms with Crippen LogP contribution in [0.2, 0.25) is 5.02 Å². The van der Waals surface area contributed by atoms with E-state index in [0.29, 0.717) is 37.5 Å². The summed E-state index contributed by atoms with van der Waals surface area (Å²) in [7, 11) is 0. The second-order valence-corrected chi connectivity index (χ2v) is 8.14. The van der Waals surface area contributed by atoms with Crippen molar-refractivity contribution in [1.29, 1.82) is 0 Å². The summed E-state index contributed by atoms with van der Waals surface area (Å²) in [6, 6.07) is 4.89. The molecule has 7 heteroatoms. The lowest BCUT2D eigenvalue weighted by atomic mass is 9.96. The van der Waals surface area contributed by atoms with E-state index in [2.05, 4.69) is 12.2 Å². The van der Waals surface area contributed by atoms with Gasteiger partial charge in [-0.15, -0.1) is 0 Å². The Hall–Kier alpha value is -1.63. The van der Waals surface area contributed by atoms with E-state index >= 15 is 0 Å². The minimum Gasteiger partial charge on any atom is -0.383 e. The molecule has 1 aromatic carbocycles. The van der Waals surface area contributed by atoms with Gasteiger partial charge in [0.05, 0.1) is 0 Å². The molecule has 1 saturated heterocycles. The lowest BCUT2D eigenvalue weighted by Gasteiger charge is -2.41. The molecule has 26 heavy (non-hydrogen) atoms. The van der Waals surface area contributed by atoms with Crippen LogP contribution in [0.5, 0.6) is 0 Å². The van der Waals surface area contributed by atoms with E-state index in [9.17, 15) is 14.7 Å². The zero-order chi connectivity index (χ0) is 18.9. The molecule has 0 spiro atoms. The highest BCUT2D eigenvalue weighted by molar-refractivity contribution is 6.30. The first-order valence-electron chi connectivity index (χ1n) is 9.06. The highest BCUT2D eigenvalue weighted by Gasteiger charge is 2.44. The van der Waals surface area contributed by atoms with Crippen LogP contribution in [0.4, 0.5) is 0 Å². The highest BCUT2D eigenvalue weighted by atomic mass is 35.5. The van der Waals surface area contributed by atoms with Crippen molar-refractivity contribution in [3.05, 3.63) is 34.3 Å². The van der Waals surface area contributed by atoms with E-state index in [1.165, 1.54) is 4.90 Å². The molecule has 1 heterocycles. The van der Waals surface area contributed by atoms with Gasteiger partial charge in [-0.1, -0.05) is 24.6 Å². The van der Waals surface area contributed by atoms with Crippen LogP contribution in [0.15, 0.2) is 18.2 Å². The van der Waals surface area contributed by atoms with Crippen LogP contribution in [-0.2, 0) is 22.7 Å². The minimum absolute atomic E-state index is 0.0862. The second kappa shape index (κ2) is 7.55. The van der Waals surface area contributed by atoms with Gasteiger partial charge < -0.3 is 21.1 Å². The van der Waals surface area contributed by atoms with Crippen molar-refractivity contribution in [2.45, 2.75) is 57.8 Å². The maximum Gasteiger partial charge on any atom is 0.252 e. The fourth-order valence-corrected chi connectivity index (χ4v) is 3.54. The number of rotatable bonds is 7. The number of aliphatic hydroxyl groups excluding tert-OH is 1. The van der Waals surface area contributed by atoms with Gasteiger partial charge in [-0.3, -0.25) is 9.59 Å². The summed E-state index contributed by atoms with van der Waals surface area (Å²) in [5.41, 5.74) is 7.59. The molecule has 1 aromatic rings. The number of halogens is 1. The zero-order valence-corrected chi connectivity index (χ0v) is 15.8. The van der Waals surface area contributed by atoms with Gasteiger partial charge in [-0.25, -0.2) is 0 Å². The van der Waals surface area contributed by atoms with Gasteiger partial charge in [-0.2, -0.15) is 0 Å². The van der Waals surface area contributed by atoms with Gasteiger partial charge in [0.15, 0.2) is 0 Å². The molecule has 0 radical (unpaired) electrons. The Kier molecular flexibility index (Phi) is 5.55. The van der Waals surface area contributed by atoms with E-state index in [1.54, 1.807) is 12.1 Å². The van der Waals surface area contributed by atoms with Crippen molar-refractivity contribution in [3.63, 3.8) is 0 Å². The van der Waals surface area contributed by atoms with Crippen LogP contribution in [0.1, 0.15) is 43.7 Å². The van der Waals surface area contributed by atoms with E-state index in [-0.39, 0.29) is 17.2 Å². The SMILES string of the molecule is CC1(C[C@@H](O)C(=O)N2CC[C@H]2C(=O)NCc2cc(Cl)ccc2CN)CC1. The number of nitrogens with zero attached hydrogens (tertiary/aromatic N) is 1. The van der Waals surface area contributed by atoms with Gasteiger partial charge in [0.2, 0.25) is 5.91 Å². The number of benzene rings is 1. The number of carbonyl (C=O) groups excluding carboxylic acids is 2. The van der Waals surface area contributed by atoms with Crippen molar-refractivity contribution in [2.24, 2.45) is 11.1 Å². The fraction of sp³-hybridized carbons (Fsp3) is 0.579. The van der Waals surface area contributed by atoms with Crippen LogP contribution < -0.4 is 11.1 Å². The van der Waals surface area contributed by atoms with E-state index in [4.69, 9.17) is 17.3 Å². The van der Waals surface area contributed by atoms with Gasteiger partial charge in [-0.05, 0) is 54.4 Å². The predicted octanol–water partition coefficient (Wildman–Crippen LogP) is 1.57. The molecule has 3 rings (SSSR count). The second-order valence-electron chi connectivity index (χ2n) is 7.70. The third-order valence-corrected chi connectivity index (χ3v) is 5.76. The van der Waals surface area contributed by atoms with Crippen LogP contribution >= 0.6 is 11.6 Å². The summed E-state index contributed by atoms with van der Waals surface area (Å²) < 4.78 is 0. The third-order valence-electron chi connectivity index (χ3n) is 5.52. The predicted molar refractivity (Wildman–Crippen MR) is 99.3 cm³/mol.